The van der Waals surface area contributed by atoms with Crippen LogP contribution in [-0.4, -0.2) is 37.2 Å². The smallest absolute Gasteiger partial charge is 0.254 e. The molecule has 0 aliphatic carbocycles. The fraction of sp³-hybridized carbons (Fsp3) is 0.571. The number of carbonyl (C=O) groups is 1. The number of anilines is 1. The van der Waals surface area contributed by atoms with Gasteiger partial charge in [0.2, 0.25) is 0 Å². The van der Waals surface area contributed by atoms with E-state index in [2.05, 4.69) is 15.6 Å². The molecule has 0 atom stereocenters. The highest BCUT2D eigenvalue weighted by Gasteiger charge is 2.14. The summed E-state index contributed by atoms with van der Waals surface area (Å²) in [6.07, 6.45) is 3.28. The Bertz CT molecular complexity index is 438. The van der Waals surface area contributed by atoms with Gasteiger partial charge in [-0.05, 0) is 32.8 Å². The fourth-order valence-electron chi connectivity index (χ4n) is 1.64. The van der Waals surface area contributed by atoms with Gasteiger partial charge in [0, 0.05) is 26.4 Å². The Balaban J connectivity index is 2.36. The van der Waals surface area contributed by atoms with Crippen molar-refractivity contribution in [1.29, 1.82) is 0 Å². The van der Waals surface area contributed by atoms with Crippen LogP contribution in [0.25, 0.3) is 0 Å². The van der Waals surface area contributed by atoms with Crippen LogP contribution >= 0.6 is 0 Å². The summed E-state index contributed by atoms with van der Waals surface area (Å²) in [7, 11) is 1.56. The van der Waals surface area contributed by atoms with Crippen molar-refractivity contribution >= 4 is 11.7 Å². The summed E-state index contributed by atoms with van der Waals surface area (Å²) in [6.45, 7) is 5.12. The minimum atomic E-state index is -0.629. The Morgan fingerprint density at radius 2 is 2.20 bits per heavy atom. The Kier molecular flexibility index (Phi) is 6.93. The number of ether oxygens (including phenoxy) is 1. The summed E-state index contributed by atoms with van der Waals surface area (Å²) in [4.78, 5) is 15.6. The van der Waals surface area contributed by atoms with Gasteiger partial charge in [-0.15, -0.1) is 0 Å². The lowest BCUT2D eigenvalue weighted by atomic mass is 10.2. The van der Waals surface area contributed by atoms with Gasteiger partial charge >= 0.3 is 0 Å². The number of nitrogens with one attached hydrogen (secondary N) is 2. The average molecular weight is 283 g/mol. The van der Waals surface area contributed by atoms with Crippen molar-refractivity contribution in [3.8, 4) is 0 Å². The van der Waals surface area contributed by atoms with Crippen molar-refractivity contribution in [2.45, 2.75) is 32.8 Å². The second-order valence-electron chi connectivity index (χ2n) is 4.65. The van der Waals surface area contributed by atoms with Crippen LogP contribution in [0.5, 0.6) is 0 Å². The first kappa shape index (κ1) is 16.4. The molecule has 0 aliphatic heterocycles. The highest BCUT2D eigenvalue weighted by Crippen LogP contribution is 2.14. The van der Waals surface area contributed by atoms with E-state index >= 15 is 0 Å². The summed E-state index contributed by atoms with van der Waals surface area (Å²) < 4.78 is 19.2. The summed E-state index contributed by atoms with van der Waals surface area (Å²) >= 11 is 0. The average Bonchev–Trinajstić information content (AvgIpc) is 2.42. The predicted molar refractivity (Wildman–Crippen MR) is 76.4 cm³/mol. The van der Waals surface area contributed by atoms with Gasteiger partial charge in [0.1, 0.15) is 0 Å². The van der Waals surface area contributed by atoms with Gasteiger partial charge in [0.15, 0.2) is 11.6 Å². The van der Waals surface area contributed by atoms with E-state index in [1.165, 1.54) is 12.3 Å². The number of carbonyl (C=O) groups excluding carboxylic acids is 1. The van der Waals surface area contributed by atoms with Crippen LogP contribution in [0, 0.1) is 5.82 Å². The molecule has 1 heterocycles. The molecule has 0 fully saturated rings. The molecule has 1 aromatic heterocycles. The monoisotopic (exact) mass is 283 g/mol. The normalized spacial score (nSPS) is 10.7. The van der Waals surface area contributed by atoms with Crippen LogP contribution in [0.15, 0.2) is 12.3 Å². The number of pyridine rings is 1. The van der Waals surface area contributed by atoms with Gasteiger partial charge in [-0.3, -0.25) is 4.79 Å². The van der Waals surface area contributed by atoms with Crippen molar-refractivity contribution in [2.75, 3.05) is 25.5 Å². The van der Waals surface area contributed by atoms with Crippen LogP contribution in [-0.2, 0) is 4.74 Å². The molecule has 0 aliphatic rings. The Morgan fingerprint density at radius 1 is 1.45 bits per heavy atom. The number of halogens is 1. The molecule has 2 N–H and O–H groups in total. The quantitative estimate of drug-likeness (QED) is 0.718. The van der Waals surface area contributed by atoms with E-state index in [9.17, 15) is 9.18 Å². The van der Waals surface area contributed by atoms with E-state index in [1.54, 1.807) is 7.05 Å². The molecular weight excluding hydrogens is 261 g/mol. The lowest BCUT2D eigenvalue weighted by Crippen LogP contribution is -2.26. The minimum Gasteiger partial charge on any atom is -0.379 e. The third-order valence-corrected chi connectivity index (χ3v) is 2.68. The maximum Gasteiger partial charge on any atom is 0.254 e. The van der Waals surface area contributed by atoms with Gasteiger partial charge in [-0.25, -0.2) is 9.37 Å². The minimum absolute atomic E-state index is 0.00257. The molecule has 0 saturated carbocycles. The molecule has 0 bridgehead atoms. The summed E-state index contributed by atoms with van der Waals surface area (Å²) in [5.41, 5.74) is 0.00257. The molecule has 0 saturated heterocycles. The van der Waals surface area contributed by atoms with E-state index in [0.717, 1.165) is 12.8 Å². The highest BCUT2D eigenvalue weighted by atomic mass is 19.1. The van der Waals surface area contributed by atoms with Gasteiger partial charge in [0.25, 0.3) is 5.91 Å². The number of hydrogen-bond donors (Lipinski definition) is 2. The number of unbranched alkanes of at least 4 members (excludes halogenated alkanes) is 1. The lowest BCUT2D eigenvalue weighted by Gasteiger charge is -2.09. The van der Waals surface area contributed by atoms with Gasteiger partial charge in [-0.2, -0.15) is 0 Å². The highest BCUT2D eigenvalue weighted by molar-refractivity contribution is 5.95. The van der Waals surface area contributed by atoms with Gasteiger partial charge < -0.3 is 15.4 Å². The fourth-order valence-corrected chi connectivity index (χ4v) is 1.64. The first-order chi connectivity index (χ1) is 9.56. The third-order valence-electron chi connectivity index (χ3n) is 2.68. The number of rotatable bonds is 8. The lowest BCUT2D eigenvalue weighted by molar-refractivity contribution is 0.0754. The molecule has 1 aromatic rings. The largest absolute Gasteiger partial charge is 0.379 e. The third kappa shape index (κ3) is 5.13. The first-order valence-corrected chi connectivity index (χ1v) is 6.78. The predicted octanol–water partition coefficient (Wildman–Crippen LogP) is 2.20. The second-order valence-corrected chi connectivity index (χ2v) is 4.65. The van der Waals surface area contributed by atoms with Gasteiger partial charge in [0.05, 0.1) is 11.7 Å². The maximum atomic E-state index is 13.8. The molecule has 5 nitrogen and oxygen atoms in total. The van der Waals surface area contributed by atoms with Crippen molar-refractivity contribution < 1.29 is 13.9 Å². The van der Waals surface area contributed by atoms with Crippen molar-refractivity contribution in [3.63, 3.8) is 0 Å². The molecule has 0 unspecified atom stereocenters. The van der Waals surface area contributed by atoms with Crippen LogP contribution in [0.3, 0.4) is 0 Å². The van der Waals surface area contributed by atoms with Gasteiger partial charge in [-0.1, -0.05) is 0 Å². The zero-order valence-corrected chi connectivity index (χ0v) is 12.2. The molecule has 0 spiro atoms. The Labute approximate surface area is 118 Å². The number of hydrogen-bond acceptors (Lipinski definition) is 4. The van der Waals surface area contributed by atoms with Crippen molar-refractivity contribution in [1.82, 2.24) is 10.3 Å². The zero-order valence-electron chi connectivity index (χ0n) is 12.2. The first-order valence-electron chi connectivity index (χ1n) is 6.78. The molecule has 20 heavy (non-hydrogen) atoms. The standard InChI is InChI=1S/C14H22FN3O2/c1-10(2)20-9-5-4-7-18-14(19)11-6-8-17-13(16-3)12(11)15/h6,8,10H,4-5,7,9H2,1-3H3,(H,16,17)(H,18,19). The van der Waals surface area contributed by atoms with Crippen LogP contribution in [0.2, 0.25) is 0 Å². The zero-order chi connectivity index (χ0) is 15.0. The molecular formula is C14H22FN3O2. The van der Waals surface area contributed by atoms with E-state index in [0.29, 0.717) is 13.2 Å². The summed E-state index contributed by atoms with van der Waals surface area (Å²) in [5.74, 6) is -0.982. The van der Waals surface area contributed by atoms with Crippen LogP contribution in [0.1, 0.15) is 37.0 Å². The summed E-state index contributed by atoms with van der Waals surface area (Å²) in [6, 6.07) is 1.37. The molecule has 6 heteroatoms. The number of nitrogens with zero attached hydrogens (tertiary/aromatic N) is 1. The molecule has 112 valence electrons. The maximum absolute atomic E-state index is 13.8. The Morgan fingerprint density at radius 3 is 2.85 bits per heavy atom. The molecule has 1 rings (SSSR count). The van der Waals surface area contributed by atoms with Crippen LogP contribution < -0.4 is 10.6 Å². The molecule has 0 aromatic carbocycles. The SMILES string of the molecule is CNc1nccc(C(=O)NCCCCOC(C)C)c1F. The Hall–Kier alpha value is -1.69. The van der Waals surface area contributed by atoms with E-state index in [4.69, 9.17) is 4.74 Å². The summed E-state index contributed by atoms with van der Waals surface area (Å²) in [5, 5.41) is 5.29. The van der Waals surface area contributed by atoms with E-state index < -0.39 is 11.7 Å². The number of aromatic nitrogens is 1. The number of amides is 1. The van der Waals surface area contributed by atoms with E-state index in [-0.39, 0.29) is 17.5 Å². The molecule has 0 radical (unpaired) electrons. The van der Waals surface area contributed by atoms with Crippen LogP contribution in [0.4, 0.5) is 10.2 Å². The second kappa shape index (κ2) is 8.47. The van der Waals surface area contributed by atoms with Crippen molar-refractivity contribution in [3.05, 3.63) is 23.6 Å². The van der Waals surface area contributed by atoms with Crippen molar-refractivity contribution in [2.24, 2.45) is 0 Å². The topological polar surface area (TPSA) is 63.2 Å². The molecule has 1 amide bonds. The van der Waals surface area contributed by atoms with E-state index in [1.807, 2.05) is 13.8 Å².